The molecule has 0 bridgehead atoms. The quantitative estimate of drug-likeness (QED) is 0.748. The number of para-hydroxylation sites is 1. The third-order valence-electron chi connectivity index (χ3n) is 4.11. The highest BCUT2D eigenvalue weighted by atomic mass is 35.5. The van der Waals surface area contributed by atoms with Crippen molar-refractivity contribution in [3.05, 3.63) is 64.7 Å². The van der Waals surface area contributed by atoms with Crippen molar-refractivity contribution in [2.75, 3.05) is 13.2 Å². The van der Waals surface area contributed by atoms with Crippen LogP contribution < -0.4 is 14.8 Å². The number of hydrogen-bond acceptors (Lipinski definition) is 5. The van der Waals surface area contributed by atoms with Gasteiger partial charge in [0.25, 0.3) is 5.91 Å². The van der Waals surface area contributed by atoms with Crippen molar-refractivity contribution in [2.45, 2.75) is 13.5 Å². The van der Waals surface area contributed by atoms with Crippen molar-refractivity contribution in [1.82, 2.24) is 20.1 Å². The number of ether oxygens (including phenoxy) is 2. The van der Waals surface area contributed by atoms with E-state index < -0.39 is 0 Å². The van der Waals surface area contributed by atoms with Gasteiger partial charge in [-0.15, -0.1) is 5.10 Å². The van der Waals surface area contributed by atoms with Crippen LogP contribution in [0.4, 0.5) is 0 Å². The van der Waals surface area contributed by atoms with Crippen molar-refractivity contribution in [1.29, 1.82) is 0 Å². The highest BCUT2D eigenvalue weighted by Gasteiger charge is 2.17. The predicted octanol–water partition coefficient (Wildman–Crippen LogP) is 2.93. The SMILES string of the molecule is Cc1nc(C(=O)NCc2ccc3c(c2)OCCO3)nn1-c1ccccc1Cl. The van der Waals surface area contributed by atoms with Gasteiger partial charge in [0.1, 0.15) is 19.0 Å². The number of rotatable bonds is 4. The number of aryl methyl sites for hydroxylation is 1. The van der Waals surface area contributed by atoms with Gasteiger partial charge in [-0.05, 0) is 36.8 Å². The van der Waals surface area contributed by atoms with Crippen LogP contribution in [0.15, 0.2) is 42.5 Å². The molecule has 138 valence electrons. The molecule has 0 unspecified atom stereocenters. The lowest BCUT2D eigenvalue weighted by molar-refractivity contribution is 0.0940. The Bertz CT molecular complexity index is 1000. The van der Waals surface area contributed by atoms with Gasteiger partial charge in [-0.25, -0.2) is 9.67 Å². The second-order valence-electron chi connectivity index (χ2n) is 6.01. The van der Waals surface area contributed by atoms with Gasteiger partial charge >= 0.3 is 0 Å². The van der Waals surface area contributed by atoms with Gasteiger partial charge in [-0.1, -0.05) is 29.8 Å². The van der Waals surface area contributed by atoms with Gasteiger partial charge in [-0.3, -0.25) is 4.79 Å². The Hall–Kier alpha value is -3.06. The monoisotopic (exact) mass is 384 g/mol. The lowest BCUT2D eigenvalue weighted by Crippen LogP contribution is -2.24. The molecule has 1 aromatic heterocycles. The van der Waals surface area contributed by atoms with Crippen LogP contribution in [0.1, 0.15) is 22.0 Å². The van der Waals surface area contributed by atoms with Crippen LogP contribution in [0.25, 0.3) is 5.69 Å². The minimum Gasteiger partial charge on any atom is -0.486 e. The number of nitrogens with one attached hydrogen (secondary N) is 1. The van der Waals surface area contributed by atoms with Gasteiger partial charge in [0.15, 0.2) is 11.5 Å². The van der Waals surface area contributed by atoms with Gasteiger partial charge in [0.2, 0.25) is 5.82 Å². The third-order valence-corrected chi connectivity index (χ3v) is 4.43. The van der Waals surface area contributed by atoms with Crippen molar-refractivity contribution >= 4 is 17.5 Å². The number of benzene rings is 2. The Kier molecular flexibility index (Phi) is 4.68. The maximum atomic E-state index is 12.5. The van der Waals surface area contributed by atoms with E-state index >= 15 is 0 Å². The summed E-state index contributed by atoms with van der Waals surface area (Å²) >= 11 is 6.21. The standard InChI is InChI=1S/C19H17ClN4O3/c1-12-22-18(23-24(12)15-5-3-2-4-14(15)20)19(25)21-11-13-6-7-16-17(10-13)27-9-8-26-16/h2-7,10H,8-9,11H2,1H3,(H,21,25). The van der Waals surface area contributed by atoms with E-state index in [1.54, 1.807) is 17.7 Å². The lowest BCUT2D eigenvalue weighted by atomic mass is 10.2. The summed E-state index contributed by atoms with van der Waals surface area (Å²) in [5, 5.41) is 7.65. The highest BCUT2D eigenvalue weighted by molar-refractivity contribution is 6.32. The summed E-state index contributed by atoms with van der Waals surface area (Å²) < 4.78 is 12.6. The summed E-state index contributed by atoms with van der Waals surface area (Å²) in [6.45, 7) is 3.16. The molecule has 2 heterocycles. The number of halogens is 1. The van der Waals surface area contributed by atoms with E-state index in [-0.39, 0.29) is 11.7 Å². The molecule has 27 heavy (non-hydrogen) atoms. The second-order valence-corrected chi connectivity index (χ2v) is 6.41. The number of hydrogen-bond donors (Lipinski definition) is 1. The molecule has 0 aliphatic carbocycles. The van der Waals surface area contributed by atoms with E-state index in [1.165, 1.54) is 0 Å². The smallest absolute Gasteiger partial charge is 0.291 e. The Morgan fingerprint density at radius 2 is 1.96 bits per heavy atom. The molecular weight excluding hydrogens is 368 g/mol. The summed E-state index contributed by atoms with van der Waals surface area (Å²) in [5.41, 5.74) is 1.57. The minimum absolute atomic E-state index is 0.0879. The van der Waals surface area contributed by atoms with Crippen LogP contribution in [0.2, 0.25) is 5.02 Å². The zero-order valence-corrected chi connectivity index (χ0v) is 15.4. The van der Waals surface area contributed by atoms with Crippen LogP contribution >= 0.6 is 11.6 Å². The normalized spacial score (nSPS) is 12.7. The fourth-order valence-electron chi connectivity index (χ4n) is 2.80. The summed E-state index contributed by atoms with van der Waals surface area (Å²) in [6.07, 6.45) is 0. The Morgan fingerprint density at radius 1 is 1.19 bits per heavy atom. The first-order valence-corrected chi connectivity index (χ1v) is 8.85. The molecule has 0 fully saturated rings. The molecule has 0 atom stereocenters. The summed E-state index contributed by atoms with van der Waals surface area (Å²) in [6, 6.07) is 12.8. The molecule has 0 saturated heterocycles. The molecular formula is C19H17ClN4O3. The average molecular weight is 385 g/mol. The molecule has 7 nitrogen and oxygen atoms in total. The zero-order valence-electron chi connectivity index (χ0n) is 14.6. The minimum atomic E-state index is -0.362. The second kappa shape index (κ2) is 7.28. The van der Waals surface area contributed by atoms with Crippen LogP contribution in [0.3, 0.4) is 0 Å². The number of aromatic nitrogens is 3. The molecule has 0 saturated carbocycles. The summed E-state index contributed by atoms with van der Waals surface area (Å²) in [7, 11) is 0. The van der Waals surface area contributed by atoms with Crippen LogP contribution in [0, 0.1) is 6.92 Å². The molecule has 3 aromatic rings. The topological polar surface area (TPSA) is 78.3 Å². The molecule has 1 aliphatic heterocycles. The summed E-state index contributed by atoms with van der Waals surface area (Å²) in [5.74, 6) is 1.70. The van der Waals surface area contributed by atoms with E-state index in [9.17, 15) is 4.79 Å². The molecule has 1 N–H and O–H groups in total. The van der Waals surface area contributed by atoms with Crippen molar-refractivity contribution < 1.29 is 14.3 Å². The number of carbonyl (C=O) groups is 1. The van der Waals surface area contributed by atoms with Crippen LogP contribution in [-0.2, 0) is 6.54 Å². The van der Waals surface area contributed by atoms with E-state index in [1.807, 2.05) is 36.4 Å². The van der Waals surface area contributed by atoms with E-state index in [2.05, 4.69) is 15.4 Å². The molecule has 0 radical (unpaired) electrons. The lowest BCUT2D eigenvalue weighted by Gasteiger charge is -2.18. The van der Waals surface area contributed by atoms with Crippen LogP contribution in [0.5, 0.6) is 11.5 Å². The number of amides is 1. The number of fused-ring (bicyclic) bond motifs is 1. The number of carbonyl (C=O) groups excluding carboxylic acids is 1. The van der Waals surface area contributed by atoms with Crippen molar-refractivity contribution in [2.24, 2.45) is 0 Å². The molecule has 4 rings (SSSR count). The van der Waals surface area contributed by atoms with E-state index in [4.69, 9.17) is 21.1 Å². The molecule has 8 heteroatoms. The highest BCUT2D eigenvalue weighted by Crippen LogP contribution is 2.30. The average Bonchev–Trinajstić information content (AvgIpc) is 3.08. The summed E-state index contributed by atoms with van der Waals surface area (Å²) in [4.78, 5) is 16.7. The maximum Gasteiger partial charge on any atom is 0.291 e. The van der Waals surface area contributed by atoms with E-state index in [0.717, 1.165) is 5.56 Å². The van der Waals surface area contributed by atoms with Gasteiger partial charge < -0.3 is 14.8 Å². The van der Waals surface area contributed by atoms with Gasteiger partial charge in [-0.2, -0.15) is 0 Å². The van der Waals surface area contributed by atoms with Crippen molar-refractivity contribution in [3.8, 4) is 17.2 Å². The van der Waals surface area contributed by atoms with Gasteiger partial charge in [0, 0.05) is 6.54 Å². The Morgan fingerprint density at radius 3 is 2.78 bits per heavy atom. The first-order chi connectivity index (χ1) is 13.1. The van der Waals surface area contributed by atoms with Gasteiger partial charge in [0.05, 0.1) is 10.7 Å². The molecule has 1 amide bonds. The Labute approximate surface area is 160 Å². The zero-order chi connectivity index (χ0) is 18.8. The largest absolute Gasteiger partial charge is 0.486 e. The van der Waals surface area contributed by atoms with E-state index in [0.29, 0.717) is 47.8 Å². The fourth-order valence-corrected chi connectivity index (χ4v) is 3.01. The Balaban J connectivity index is 1.48. The molecule has 2 aromatic carbocycles. The number of nitrogens with zero attached hydrogens (tertiary/aromatic N) is 3. The first-order valence-electron chi connectivity index (χ1n) is 8.47. The van der Waals surface area contributed by atoms with Crippen LogP contribution in [-0.4, -0.2) is 33.9 Å². The molecule has 0 spiro atoms. The third kappa shape index (κ3) is 3.59. The fraction of sp³-hybridized carbons (Fsp3) is 0.211. The molecule has 1 aliphatic rings. The first kappa shape index (κ1) is 17.4. The maximum absolute atomic E-state index is 12.5. The van der Waals surface area contributed by atoms with Crippen molar-refractivity contribution in [3.63, 3.8) is 0 Å². The predicted molar refractivity (Wildman–Crippen MR) is 99.7 cm³/mol.